The van der Waals surface area contributed by atoms with Crippen LogP contribution in [0.2, 0.25) is 0 Å². The van der Waals surface area contributed by atoms with E-state index >= 15 is 0 Å². The third kappa shape index (κ3) is 2.96. The predicted molar refractivity (Wildman–Crippen MR) is 56.8 cm³/mol. The minimum Gasteiger partial charge on any atom is -0.481 e. The predicted octanol–water partition coefficient (Wildman–Crippen LogP) is 1.61. The molecule has 0 amide bonds. The first kappa shape index (κ1) is 18.0. The number of hydrogen-bond donors (Lipinski definition) is 1. The highest BCUT2D eigenvalue weighted by Gasteiger charge is 2.72. The van der Waals surface area contributed by atoms with Crippen molar-refractivity contribution in [1.29, 1.82) is 0 Å². The Labute approximate surface area is 115 Å². The Bertz CT molecular complexity index is 500. The number of carbonyl (C=O) groups is 1. The van der Waals surface area contributed by atoms with Gasteiger partial charge < -0.3 is 5.11 Å². The first-order chi connectivity index (χ1) is 9.35. The quantitative estimate of drug-likeness (QED) is 0.770. The molecule has 5 nitrogen and oxygen atoms in total. The number of hydrogen-bond acceptors (Lipinski definition) is 3. The van der Waals surface area contributed by atoms with Crippen LogP contribution in [0.5, 0.6) is 0 Å². The molecule has 0 aliphatic carbocycles. The second-order valence-corrected chi connectivity index (χ2v) is 6.44. The fraction of sp³-hybridized carbons (Fsp3) is 0.889. The lowest BCUT2D eigenvalue weighted by Crippen LogP contribution is -2.57. The van der Waals surface area contributed by atoms with E-state index in [-0.39, 0.29) is 17.1 Å². The van der Waals surface area contributed by atoms with Gasteiger partial charge in [0.15, 0.2) is 0 Å². The van der Waals surface area contributed by atoms with Crippen LogP contribution in [-0.4, -0.2) is 54.5 Å². The average Bonchev–Trinajstić information content (AvgIpc) is 2.38. The van der Waals surface area contributed by atoms with Gasteiger partial charge in [0.25, 0.3) is 10.0 Å². The summed E-state index contributed by atoms with van der Waals surface area (Å²) >= 11 is 0. The lowest BCUT2D eigenvalue weighted by atomic mass is 9.99. The molecule has 124 valence electrons. The zero-order chi connectivity index (χ0) is 16.6. The highest BCUT2D eigenvalue weighted by Crippen LogP contribution is 2.44. The van der Waals surface area contributed by atoms with Crippen LogP contribution in [0.1, 0.15) is 12.8 Å². The molecule has 1 N–H and O–H groups in total. The van der Waals surface area contributed by atoms with Gasteiger partial charge in [-0.15, -0.1) is 0 Å². The summed E-state index contributed by atoms with van der Waals surface area (Å²) in [5, 5.41) is 2.67. The largest absolute Gasteiger partial charge is 0.481 e. The molecule has 1 aliphatic heterocycles. The molecule has 1 heterocycles. The molecule has 0 unspecified atom stereocenters. The van der Waals surface area contributed by atoms with E-state index in [1.807, 2.05) is 0 Å². The number of aliphatic carboxylic acids is 1. The van der Waals surface area contributed by atoms with Gasteiger partial charge in [-0.1, -0.05) is 0 Å². The van der Waals surface area contributed by atoms with Crippen molar-refractivity contribution < 1.29 is 44.7 Å². The Morgan fingerprint density at radius 2 is 1.57 bits per heavy atom. The molecular weight excluding hydrogens is 332 g/mol. The Balaban J connectivity index is 2.99. The van der Waals surface area contributed by atoms with Crippen LogP contribution >= 0.6 is 0 Å². The average molecular weight is 343 g/mol. The monoisotopic (exact) mass is 343 g/mol. The summed E-state index contributed by atoms with van der Waals surface area (Å²) in [4.78, 5) is 10.6. The highest BCUT2D eigenvalue weighted by molar-refractivity contribution is 7.90. The van der Waals surface area contributed by atoms with Crippen molar-refractivity contribution in [3.63, 3.8) is 0 Å². The normalized spacial score (nSPS) is 20.0. The fourth-order valence-electron chi connectivity index (χ4n) is 1.80. The van der Waals surface area contributed by atoms with Gasteiger partial charge >= 0.3 is 23.6 Å². The SMILES string of the molecule is O=C(O)C1CCN(S(=O)(=O)C(F)(F)C(F)(F)C(F)F)CC1. The van der Waals surface area contributed by atoms with Gasteiger partial charge in [0, 0.05) is 13.1 Å². The van der Waals surface area contributed by atoms with Gasteiger partial charge in [0.05, 0.1) is 5.92 Å². The van der Waals surface area contributed by atoms with Crippen molar-refractivity contribution in [2.75, 3.05) is 13.1 Å². The first-order valence-corrected chi connectivity index (χ1v) is 7.06. The number of rotatable bonds is 5. The minimum absolute atomic E-state index is 0.0806. The van der Waals surface area contributed by atoms with Gasteiger partial charge in [-0.25, -0.2) is 17.2 Å². The Morgan fingerprint density at radius 3 is 1.90 bits per heavy atom. The molecule has 0 radical (unpaired) electrons. The zero-order valence-corrected chi connectivity index (χ0v) is 11.1. The van der Waals surface area contributed by atoms with Gasteiger partial charge in [-0.05, 0) is 12.8 Å². The fourth-order valence-corrected chi connectivity index (χ4v) is 3.25. The van der Waals surface area contributed by atoms with E-state index in [2.05, 4.69) is 0 Å². The van der Waals surface area contributed by atoms with Crippen molar-refractivity contribution in [2.24, 2.45) is 5.92 Å². The zero-order valence-electron chi connectivity index (χ0n) is 10.3. The summed E-state index contributed by atoms with van der Waals surface area (Å²) in [6.07, 6.45) is -5.60. The van der Waals surface area contributed by atoms with Crippen LogP contribution in [0.3, 0.4) is 0 Å². The summed E-state index contributed by atoms with van der Waals surface area (Å²) in [5.74, 6) is -8.33. The Kier molecular flexibility index (Phi) is 4.83. The molecule has 0 aromatic heterocycles. The van der Waals surface area contributed by atoms with E-state index < -0.39 is 52.6 Å². The lowest BCUT2D eigenvalue weighted by molar-refractivity contribution is -0.226. The van der Waals surface area contributed by atoms with E-state index in [1.54, 1.807) is 0 Å². The molecule has 1 aliphatic rings. The molecule has 0 aromatic carbocycles. The molecule has 1 rings (SSSR count). The summed E-state index contributed by atoms with van der Waals surface area (Å²) < 4.78 is 98.9. The Morgan fingerprint density at radius 1 is 1.14 bits per heavy atom. The van der Waals surface area contributed by atoms with Crippen molar-refractivity contribution in [1.82, 2.24) is 4.31 Å². The van der Waals surface area contributed by atoms with Crippen LogP contribution in [0, 0.1) is 5.92 Å². The lowest BCUT2D eigenvalue weighted by Gasteiger charge is -2.34. The molecule has 1 fully saturated rings. The maximum Gasteiger partial charge on any atom is 0.426 e. The van der Waals surface area contributed by atoms with Gasteiger partial charge in [-0.3, -0.25) is 4.79 Å². The number of piperidine rings is 1. The maximum atomic E-state index is 13.3. The molecule has 21 heavy (non-hydrogen) atoms. The summed E-state index contributed by atoms with van der Waals surface area (Å²) in [6.45, 7) is -1.51. The number of halogens is 6. The van der Waals surface area contributed by atoms with Crippen LogP contribution in [0.15, 0.2) is 0 Å². The van der Waals surface area contributed by atoms with Crippen molar-refractivity contribution in [3.05, 3.63) is 0 Å². The third-order valence-electron chi connectivity index (χ3n) is 3.13. The molecule has 12 heteroatoms. The standard InChI is InChI=1S/C9H11F6NO4S/c10-7(11)8(12,13)9(14,15)21(19,20)16-3-1-5(2-4-16)6(17)18/h5,7H,1-4H2,(H,17,18). The van der Waals surface area contributed by atoms with E-state index in [4.69, 9.17) is 5.11 Å². The second-order valence-electron chi connectivity index (χ2n) is 4.46. The van der Waals surface area contributed by atoms with E-state index in [1.165, 1.54) is 0 Å². The summed E-state index contributed by atoms with van der Waals surface area (Å²) in [7, 11) is -6.04. The highest BCUT2D eigenvalue weighted by atomic mass is 32.2. The Hall–Kier alpha value is -1.04. The van der Waals surface area contributed by atoms with Crippen molar-refractivity contribution in [2.45, 2.75) is 30.4 Å². The minimum atomic E-state index is -6.05. The molecule has 0 aromatic rings. The second kappa shape index (κ2) is 5.63. The van der Waals surface area contributed by atoms with E-state index in [0.29, 0.717) is 0 Å². The van der Waals surface area contributed by atoms with Crippen LogP contribution in [0.4, 0.5) is 26.3 Å². The van der Waals surface area contributed by atoms with Gasteiger partial charge in [-0.2, -0.15) is 21.9 Å². The number of sulfonamides is 1. The molecule has 1 saturated heterocycles. The molecule has 0 saturated carbocycles. The number of alkyl halides is 6. The number of carboxylic acid groups (broad SMARTS) is 1. The van der Waals surface area contributed by atoms with Crippen molar-refractivity contribution >= 4 is 16.0 Å². The van der Waals surface area contributed by atoms with E-state index in [0.717, 1.165) is 0 Å². The summed E-state index contributed by atoms with van der Waals surface area (Å²) in [5.41, 5.74) is 0. The molecule has 0 spiro atoms. The topological polar surface area (TPSA) is 74.7 Å². The van der Waals surface area contributed by atoms with Gasteiger partial charge in [0.1, 0.15) is 0 Å². The molecule has 0 bridgehead atoms. The van der Waals surface area contributed by atoms with E-state index in [9.17, 15) is 39.6 Å². The summed E-state index contributed by atoms with van der Waals surface area (Å²) in [6, 6.07) is 0. The first-order valence-electron chi connectivity index (χ1n) is 5.62. The maximum absolute atomic E-state index is 13.3. The molecular formula is C9H11F6NO4S. The third-order valence-corrected chi connectivity index (χ3v) is 5.09. The van der Waals surface area contributed by atoms with Crippen LogP contribution in [0.25, 0.3) is 0 Å². The van der Waals surface area contributed by atoms with Gasteiger partial charge in [0.2, 0.25) is 0 Å². The molecule has 0 atom stereocenters. The van der Waals surface area contributed by atoms with Crippen LogP contribution in [-0.2, 0) is 14.8 Å². The number of carboxylic acids is 1. The van der Waals surface area contributed by atoms with Crippen molar-refractivity contribution in [3.8, 4) is 0 Å². The smallest absolute Gasteiger partial charge is 0.426 e. The van der Waals surface area contributed by atoms with Crippen LogP contribution < -0.4 is 0 Å². The number of nitrogens with zero attached hydrogens (tertiary/aromatic N) is 1.